The smallest absolute Gasteiger partial charge is 0.269 e. The Morgan fingerprint density at radius 1 is 1.11 bits per heavy atom. The molecule has 1 aliphatic rings. The number of ether oxygens (including phenoxy) is 1. The van der Waals surface area contributed by atoms with E-state index in [0.29, 0.717) is 6.54 Å². The predicted molar refractivity (Wildman–Crippen MR) is 98.7 cm³/mol. The Labute approximate surface area is 158 Å². The van der Waals surface area contributed by atoms with Crippen molar-refractivity contribution in [3.8, 4) is 5.75 Å². The highest BCUT2D eigenvalue weighted by molar-refractivity contribution is 7.90. The van der Waals surface area contributed by atoms with E-state index in [0.717, 1.165) is 15.6 Å². The van der Waals surface area contributed by atoms with Crippen LogP contribution >= 0.6 is 0 Å². The molecule has 1 heterocycles. The normalized spacial score (nSPS) is 14.7. The van der Waals surface area contributed by atoms with Gasteiger partial charge in [-0.1, -0.05) is 24.3 Å². The van der Waals surface area contributed by atoms with Crippen LogP contribution in [0.15, 0.2) is 53.4 Å². The molecule has 0 spiro atoms. The van der Waals surface area contributed by atoms with Crippen molar-refractivity contribution in [3.63, 3.8) is 0 Å². The van der Waals surface area contributed by atoms with Gasteiger partial charge in [-0.3, -0.25) is 9.59 Å². The van der Waals surface area contributed by atoms with E-state index >= 15 is 0 Å². The minimum absolute atomic E-state index is 0.00552. The van der Waals surface area contributed by atoms with Crippen LogP contribution in [0.5, 0.6) is 5.75 Å². The van der Waals surface area contributed by atoms with Gasteiger partial charge in [0.25, 0.3) is 15.9 Å². The zero-order chi connectivity index (χ0) is 19.6. The number of methoxy groups -OCH3 is 1. The van der Waals surface area contributed by atoms with Crippen molar-refractivity contribution in [2.75, 3.05) is 20.7 Å². The van der Waals surface area contributed by atoms with Gasteiger partial charge in [0.2, 0.25) is 5.91 Å². The summed E-state index contributed by atoms with van der Waals surface area (Å²) >= 11 is 0. The first-order valence-corrected chi connectivity index (χ1v) is 9.81. The summed E-state index contributed by atoms with van der Waals surface area (Å²) in [5.74, 6) is -0.106. The second kappa shape index (κ2) is 7.40. The SMILES string of the molecule is COc1ccc(CN(C)C(=O)CCN2C(=O)c3ccccc3S2(=O)=O)cc1. The van der Waals surface area contributed by atoms with E-state index in [2.05, 4.69) is 0 Å². The highest BCUT2D eigenvalue weighted by Crippen LogP contribution is 2.29. The third kappa shape index (κ3) is 3.66. The van der Waals surface area contributed by atoms with Crippen molar-refractivity contribution in [3.05, 3.63) is 59.7 Å². The molecule has 0 unspecified atom stereocenters. The summed E-state index contributed by atoms with van der Waals surface area (Å²) in [6, 6.07) is 13.4. The first-order valence-electron chi connectivity index (χ1n) is 8.37. The van der Waals surface area contributed by atoms with Gasteiger partial charge < -0.3 is 9.64 Å². The van der Waals surface area contributed by atoms with E-state index in [9.17, 15) is 18.0 Å². The number of sulfonamides is 1. The molecule has 8 heteroatoms. The van der Waals surface area contributed by atoms with Crippen LogP contribution in [-0.4, -0.2) is 50.1 Å². The number of hydrogen-bond donors (Lipinski definition) is 0. The molecule has 0 saturated heterocycles. The summed E-state index contributed by atoms with van der Waals surface area (Å²) in [5.41, 5.74) is 1.07. The van der Waals surface area contributed by atoms with E-state index in [1.165, 1.54) is 17.0 Å². The minimum atomic E-state index is -3.88. The Bertz CT molecular complexity index is 970. The fourth-order valence-electron chi connectivity index (χ4n) is 2.93. The molecule has 2 aromatic carbocycles. The molecular formula is C19H20N2O5S. The molecule has 0 atom stereocenters. The summed E-state index contributed by atoms with van der Waals surface area (Å²) in [4.78, 5) is 26.2. The number of nitrogens with zero attached hydrogens (tertiary/aromatic N) is 2. The van der Waals surface area contributed by atoms with Crippen LogP contribution in [0.3, 0.4) is 0 Å². The fraction of sp³-hybridized carbons (Fsp3) is 0.263. The Balaban J connectivity index is 1.62. The van der Waals surface area contributed by atoms with Crippen LogP contribution in [0.2, 0.25) is 0 Å². The summed E-state index contributed by atoms with van der Waals surface area (Å²) in [5, 5.41) is 0. The van der Waals surface area contributed by atoms with Gasteiger partial charge in [-0.15, -0.1) is 0 Å². The Morgan fingerprint density at radius 3 is 2.41 bits per heavy atom. The summed E-state index contributed by atoms with van der Waals surface area (Å²) in [6.45, 7) is 0.200. The van der Waals surface area contributed by atoms with E-state index in [-0.39, 0.29) is 29.3 Å². The lowest BCUT2D eigenvalue weighted by atomic mass is 10.2. The fourth-order valence-corrected chi connectivity index (χ4v) is 4.50. The van der Waals surface area contributed by atoms with Crippen molar-refractivity contribution in [1.29, 1.82) is 0 Å². The van der Waals surface area contributed by atoms with Crippen molar-refractivity contribution >= 4 is 21.8 Å². The number of fused-ring (bicyclic) bond motifs is 1. The molecule has 0 aliphatic carbocycles. The molecular weight excluding hydrogens is 368 g/mol. The highest BCUT2D eigenvalue weighted by atomic mass is 32.2. The summed E-state index contributed by atoms with van der Waals surface area (Å²) in [6.07, 6.45) is -0.0778. The molecule has 7 nitrogen and oxygen atoms in total. The second-order valence-electron chi connectivity index (χ2n) is 6.23. The molecule has 27 heavy (non-hydrogen) atoms. The summed E-state index contributed by atoms with van der Waals surface area (Å²) < 4.78 is 30.9. The van der Waals surface area contributed by atoms with Gasteiger partial charge in [0.05, 0.1) is 12.7 Å². The molecule has 0 bridgehead atoms. The van der Waals surface area contributed by atoms with Crippen molar-refractivity contribution in [2.45, 2.75) is 17.9 Å². The monoisotopic (exact) mass is 388 g/mol. The zero-order valence-electron chi connectivity index (χ0n) is 15.1. The molecule has 0 fully saturated rings. The topological polar surface area (TPSA) is 84.0 Å². The highest BCUT2D eigenvalue weighted by Gasteiger charge is 2.40. The van der Waals surface area contributed by atoms with Gasteiger partial charge in [0.1, 0.15) is 10.6 Å². The van der Waals surface area contributed by atoms with Gasteiger partial charge in [0.15, 0.2) is 0 Å². The van der Waals surface area contributed by atoms with Gasteiger partial charge in [0, 0.05) is 26.6 Å². The Kier molecular flexibility index (Phi) is 5.18. The van der Waals surface area contributed by atoms with Crippen LogP contribution in [0.1, 0.15) is 22.3 Å². The van der Waals surface area contributed by atoms with Crippen molar-refractivity contribution in [2.24, 2.45) is 0 Å². The average molecular weight is 388 g/mol. The van der Waals surface area contributed by atoms with Crippen LogP contribution in [0, 0.1) is 0 Å². The maximum Gasteiger partial charge on any atom is 0.269 e. The largest absolute Gasteiger partial charge is 0.497 e. The van der Waals surface area contributed by atoms with Crippen LogP contribution in [-0.2, 0) is 21.4 Å². The molecule has 0 radical (unpaired) electrons. The molecule has 2 amide bonds. The first-order chi connectivity index (χ1) is 12.8. The van der Waals surface area contributed by atoms with Gasteiger partial charge in [-0.2, -0.15) is 0 Å². The summed E-state index contributed by atoms with van der Waals surface area (Å²) in [7, 11) is -0.664. The van der Waals surface area contributed by atoms with E-state index in [4.69, 9.17) is 4.74 Å². The van der Waals surface area contributed by atoms with E-state index in [1.807, 2.05) is 12.1 Å². The van der Waals surface area contributed by atoms with E-state index < -0.39 is 15.9 Å². The first kappa shape index (κ1) is 18.9. The van der Waals surface area contributed by atoms with Gasteiger partial charge in [-0.05, 0) is 29.8 Å². The number of carbonyl (C=O) groups is 2. The van der Waals surface area contributed by atoms with Crippen LogP contribution < -0.4 is 4.74 Å². The quantitative estimate of drug-likeness (QED) is 0.755. The molecule has 2 aromatic rings. The lowest BCUT2D eigenvalue weighted by Crippen LogP contribution is -2.35. The average Bonchev–Trinajstić information content (AvgIpc) is 2.86. The minimum Gasteiger partial charge on any atom is -0.497 e. The molecule has 1 aliphatic heterocycles. The maximum atomic E-state index is 12.5. The van der Waals surface area contributed by atoms with Crippen LogP contribution in [0.4, 0.5) is 0 Å². The lowest BCUT2D eigenvalue weighted by molar-refractivity contribution is -0.130. The Morgan fingerprint density at radius 2 is 1.78 bits per heavy atom. The maximum absolute atomic E-state index is 12.5. The molecule has 0 aromatic heterocycles. The molecule has 0 saturated carbocycles. The Hall–Kier alpha value is -2.87. The third-order valence-corrected chi connectivity index (χ3v) is 6.29. The number of rotatable bonds is 6. The number of hydrogen-bond acceptors (Lipinski definition) is 5. The predicted octanol–water partition coefficient (Wildman–Crippen LogP) is 1.89. The molecule has 3 rings (SSSR count). The van der Waals surface area contributed by atoms with Gasteiger partial charge >= 0.3 is 0 Å². The van der Waals surface area contributed by atoms with Crippen molar-refractivity contribution < 1.29 is 22.7 Å². The number of carbonyl (C=O) groups excluding carboxylic acids is 2. The number of benzene rings is 2. The van der Waals surface area contributed by atoms with Crippen molar-refractivity contribution in [1.82, 2.24) is 9.21 Å². The van der Waals surface area contributed by atoms with Crippen LogP contribution in [0.25, 0.3) is 0 Å². The van der Waals surface area contributed by atoms with Gasteiger partial charge in [-0.25, -0.2) is 12.7 Å². The number of amides is 2. The zero-order valence-corrected chi connectivity index (χ0v) is 15.9. The lowest BCUT2D eigenvalue weighted by Gasteiger charge is -2.20. The molecule has 0 N–H and O–H groups in total. The second-order valence-corrected chi connectivity index (χ2v) is 8.06. The standard InChI is InChI=1S/C19H20N2O5S/c1-20(13-14-7-9-15(26-2)10-8-14)18(22)11-12-21-19(23)16-5-3-4-6-17(16)27(21,24)25/h3-10H,11-13H2,1-2H3. The third-order valence-electron chi connectivity index (χ3n) is 4.45. The molecule has 142 valence electrons. The van der Waals surface area contributed by atoms with E-state index in [1.54, 1.807) is 38.4 Å².